The van der Waals surface area contributed by atoms with Crippen molar-refractivity contribution in [1.29, 1.82) is 0 Å². The number of hydrogen-bond donors (Lipinski definition) is 1. The SMILES string of the molecule is C(=NNc1nc(-c2ccccc2)cs1)c1ccc(COC2CCCC2)cc1. The minimum Gasteiger partial charge on any atom is -0.374 e. The van der Waals surface area contributed by atoms with Gasteiger partial charge in [-0.05, 0) is 24.0 Å². The first kappa shape index (κ1) is 17.9. The van der Waals surface area contributed by atoms with Crippen molar-refractivity contribution in [2.24, 2.45) is 5.10 Å². The Morgan fingerprint density at radius 3 is 2.63 bits per heavy atom. The Balaban J connectivity index is 1.29. The lowest BCUT2D eigenvalue weighted by Crippen LogP contribution is -2.07. The van der Waals surface area contributed by atoms with E-state index in [1.165, 1.54) is 31.2 Å². The number of nitrogens with one attached hydrogen (secondary N) is 1. The fourth-order valence-corrected chi connectivity index (χ4v) is 3.87. The van der Waals surface area contributed by atoms with Gasteiger partial charge in [0, 0.05) is 10.9 Å². The summed E-state index contributed by atoms with van der Waals surface area (Å²) in [7, 11) is 0. The van der Waals surface area contributed by atoms with Crippen molar-refractivity contribution in [3.05, 3.63) is 71.1 Å². The maximum atomic E-state index is 5.95. The zero-order chi connectivity index (χ0) is 18.3. The van der Waals surface area contributed by atoms with Gasteiger partial charge in [-0.25, -0.2) is 4.98 Å². The van der Waals surface area contributed by atoms with Crippen LogP contribution in [-0.2, 0) is 11.3 Å². The molecule has 5 heteroatoms. The highest BCUT2D eigenvalue weighted by molar-refractivity contribution is 7.14. The fourth-order valence-electron chi connectivity index (χ4n) is 3.20. The second-order valence-corrected chi connectivity index (χ2v) is 7.59. The smallest absolute Gasteiger partial charge is 0.203 e. The lowest BCUT2D eigenvalue weighted by atomic mass is 10.1. The van der Waals surface area contributed by atoms with E-state index in [-0.39, 0.29) is 0 Å². The van der Waals surface area contributed by atoms with Crippen molar-refractivity contribution in [3.63, 3.8) is 0 Å². The number of aromatic nitrogens is 1. The molecule has 0 atom stereocenters. The summed E-state index contributed by atoms with van der Waals surface area (Å²) in [6.45, 7) is 0.696. The number of benzene rings is 2. The zero-order valence-electron chi connectivity index (χ0n) is 15.2. The normalized spacial score (nSPS) is 14.8. The summed E-state index contributed by atoms with van der Waals surface area (Å²) >= 11 is 1.55. The molecule has 0 unspecified atom stereocenters. The Kier molecular flexibility index (Phi) is 5.92. The molecule has 3 aromatic rings. The van der Waals surface area contributed by atoms with Crippen molar-refractivity contribution < 1.29 is 4.74 Å². The summed E-state index contributed by atoms with van der Waals surface area (Å²) in [5.41, 5.74) is 7.34. The van der Waals surface area contributed by atoms with E-state index >= 15 is 0 Å². The van der Waals surface area contributed by atoms with Crippen molar-refractivity contribution >= 4 is 22.7 Å². The Bertz CT molecular complexity index is 868. The molecule has 2 aromatic carbocycles. The molecule has 1 aliphatic rings. The highest BCUT2D eigenvalue weighted by Crippen LogP contribution is 2.24. The highest BCUT2D eigenvalue weighted by Gasteiger charge is 2.14. The molecule has 1 N–H and O–H groups in total. The van der Waals surface area contributed by atoms with Gasteiger partial charge in [0.25, 0.3) is 0 Å². The molecule has 1 heterocycles. The number of nitrogens with zero attached hydrogens (tertiary/aromatic N) is 2. The largest absolute Gasteiger partial charge is 0.374 e. The molecule has 0 amide bonds. The van der Waals surface area contributed by atoms with E-state index in [9.17, 15) is 0 Å². The molecule has 1 aromatic heterocycles. The number of thiazole rings is 1. The van der Waals surface area contributed by atoms with Crippen LogP contribution in [-0.4, -0.2) is 17.3 Å². The van der Waals surface area contributed by atoms with Crippen LogP contribution in [0.4, 0.5) is 5.13 Å². The average Bonchev–Trinajstić information content (AvgIpc) is 3.40. The van der Waals surface area contributed by atoms with Crippen LogP contribution < -0.4 is 5.43 Å². The van der Waals surface area contributed by atoms with Crippen LogP contribution in [0, 0.1) is 0 Å². The van der Waals surface area contributed by atoms with Crippen molar-refractivity contribution in [2.45, 2.75) is 38.4 Å². The number of hydrazone groups is 1. The topological polar surface area (TPSA) is 46.5 Å². The van der Waals surface area contributed by atoms with Gasteiger partial charge in [-0.15, -0.1) is 11.3 Å². The average molecular weight is 378 g/mol. The monoisotopic (exact) mass is 377 g/mol. The van der Waals surface area contributed by atoms with Crippen LogP contribution >= 0.6 is 11.3 Å². The van der Waals surface area contributed by atoms with E-state index in [4.69, 9.17) is 4.74 Å². The first-order chi connectivity index (χ1) is 13.4. The van der Waals surface area contributed by atoms with Gasteiger partial charge < -0.3 is 4.74 Å². The second kappa shape index (κ2) is 8.93. The van der Waals surface area contributed by atoms with Crippen LogP contribution in [0.3, 0.4) is 0 Å². The third kappa shape index (κ3) is 5.02. The van der Waals surface area contributed by atoms with Gasteiger partial charge in [0.15, 0.2) is 0 Å². The number of hydrogen-bond acceptors (Lipinski definition) is 5. The third-order valence-electron chi connectivity index (χ3n) is 4.72. The van der Waals surface area contributed by atoms with Gasteiger partial charge in [0.05, 0.1) is 24.6 Å². The van der Waals surface area contributed by atoms with Gasteiger partial charge in [-0.1, -0.05) is 67.4 Å². The summed E-state index contributed by atoms with van der Waals surface area (Å²) in [6.07, 6.45) is 7.29. The lowest BCUT2D eigenvalue weighted by molar-refractivity contribution is 0.0457. The summed E-state index contributed by atoms with van der Waals surface area (Å²) in [6, 6.07) is 18.5. The van der Waals surface area contributed by atoms with Crippen LogP contribution in [0.2, 0.25) is 0 Å². The number of rotatable bonds is 7. The maximum absolute atomic E-state index is 5.95. The molecule has 1 aliphatic carbocycles. The zero-order valence-corrected chi connectivity index (χ0v) is 16.0. The molecule has 1 saturated carbocycles. The molecular formula is C22H23N3OS. The number of ether oxygens (including phenoxy) is 1. The van der Waals surface area contributed by atoms with E-state index in [0.717, 1.165) is 22.0 Å². The third-order valence-corrected chi connectivity index (χ3v) is 5.46. The van der Waals surface area contributed by atoms with Crippen molar-refractivity contribution in [2.75, 3.05) is 5.43 Å². The van der Waals surface area contributed by atoms with Gasteiger partial charge in [-0.3, -0.25) is 5.43 Å². The number of anilines is 1. The van der Waals surface area contributed by atoms with Crippen molar-refractivity contribution in [3.8, 4) is 11.3 Å². The Hall–Kier alpha value is -2.50. The summed E-state index contributed by atoms with van der Waals surface area (Å²) < 4.78 is 5.95. The van der Waals surface area contributed by atoms with Crippen LogP contribution in [0.15, 0.2) is 65.1 Å². The molecular weight excluding hydrogens is 354 g/mol. The first-order valence-electron chi connectivity index (χ1n) is 9.37. The van der Waals surface area contributed by atoms with Crippen molar-refractivity contribution in [1.82, 2.24) is 4.98 Å². The van der Waals surface area contributed by atoms with Crippen LogP contribution in [0.1, 0.15) is 36.8 Å². The van der Waals surface area contributed by atoms with Crippen LogP contribution in [0.5, 0.6) is 0 Å². The van der Waals surface area contributed by atoms with E-state index in [1.807, 2.05) is 29.8 Å². The van der Waals surface area contributed by atoms with E-state index < -0.39 is 0 Å². The van der Waals surface area contributed by atoms with Gasteiger partial charge >= 0.3 is 0 Å². The Morgan fingerprint density at radius 1 is 1.07 bits per heavy atom. The molecule has 4 nitrogen and oxygen atoms in total. The molecule has 4 rings (SSSR count). The van der Waals surface area contributed by atoms with Gasteiger partial charge in [-0.2, -0.15) is 5.10 Å². The highest BCUT2D eigenvalue weighted by atomic mass is 32.1. The lowest BCUT2D eigenvalue weighted by Gasteiger charge is -2.10. The summed E-state index contributed by atoms with van der Waals surface area (Å²) in [5.74, 6) is 0. The Morgan fingerprint density at radius 2 is 1.85 bits per heavy atom. The Labute approximate surface area is 163 Å². The van der Waals surface area contributed by atoms with Crippen LogP contribution in [0.25, 0.3) is 11.3 Å². The molecule has 1 fully saturated rings. The molecule has 0 bridgehead atoms. The quantitative estimate of drug-likeness (QED) is 0.423. The molecule has 0 saturated heterocycles. The minimum atomic E-state index is 0.453. The minimum absolute atomic E-state index is 0.453. The summed E-state index contributed by atoms with van der Waals surface area (Å²) in [5, 5.41) is 7.12. The van der Waals surface area contributed by atoms with E-state index in [2.05, 4.69) is 51.9 Å². The van der Waals surface area contributed by atoms with E-state index in [0.29, 0.717) is 12.7 Å². The van der Waals surface area contributed by atoms with Gasteiger partial charge in [0.2, 0.25) is 5.13 Å². The van der Waals surface area contributed by atoms with E-state index in [1.54, 1.807) is 11.3 Å². The second-order valence-electron chi connectivity index (χ2n) is 6.73. The molecule has 0 spiro atoms. The summed E-state index contributed by atoms with van der Waals surface area (Å²) in [4.78, 5) is 4.56. The molecule has 27 heavy (non-hydrogen) atoms. The molecule has 0 radical (unpaired) electrons. The molecule has 138 valence electrons. The predicted octanol–water partition coefficient (Wildman–Crippen LogP) is 5.72. The van der Waals surface area contributed by atoms with Gasteiger partial charge in [0.1, 0.15) is 0 Å². The predicted molar refractivity (Wildman–Crippen MR) is 112 cm³/mol. The first-order valence-corrected chi connectivity index (χ1v) is 10.3. The standard InChI is InChI=1S/C22H23N3OS/c1-2-6-19(7-3-1)21-16-27-22(24-21)25-23-14-17-10-12-18(13-11-17)15-26-20-8-4-5-9-20/h1-3,6-7,10-14,16,20H,4-5,8-9,15H2,(H,24,25). The molecule has 0 aliphatic heterocycles. The maximum Gasteiger partial charge on any atom is 0.203 e. The fraction of sp³-hybridized carbons (Fsp3) is 0.273.